The molecule has 0 aliphatic carbocycles. The Morgan fingerprint density at radius 1 is 1.24 bits per heavy atom. The standard InChI is InChI=1S/C17H28N4/c1-5-20(6-2)11-12-21-16(18)19-13-17(21,4)15-9-7-14(3)8-10-15/h7-10H,5-6,11-13H2,1-4H3,(H2,18,19). The van der Waals surface area contributed by atoms with E-state index in [1.807, 2.05) is 0 Å². The van der Waals surface area contributed by atoms with Gasteiger partial charge in [0.15, 0.2) is 5.96 Å². The van der Waals surface area contributed by atoms with E-state index in [0.29, 0.717) is 5.96 Å². The highest BCUT2D eigenvalue weighted by atomic mass is 15.4. The number of likely N-dealkylation sites (N-methyl/N-ethyl adjacent to an activating group) is 1. The van der Waals surface area contributed by atoms with E-state index in [0.717, 1.165) is 32.7 Å². The second kappa shape index (κ2) is 6.48. The molecule has 1 aliphatic heterocycles. The predicted molar refractivity (Wildman–Crippen MR) is 89.5 cm³/mol. The van der Waals surface area contributed by atoms with E-state index in [1.54, 1.807) is 0 Å². The van der Waals surface area contributed by atoms with Gasteiger partial charge in [-0.05, 0) is 32.5 Å². The summed E-state index contributed by atoms with van der Waals surface area (Å²) in [6, 6.07) is 8.73. The fourth-order valence-corrected chi connectivity index (χ4v) is 2.96. The zero-order valence-corrected chi connectivity index (χ0v) is 13.8. The Morgan fingerprint density at radius 2 is 1.86 bits per heavy atom. The molecule has 2 N–H and O–H groups in total. The number of nitrogens with zero attached hydrogens (tertiary/aromatic N) is 3. The van der Waals surface area contributed by atoms with E-state index in [-0.39, 0.29) is 5.54 Å². The minimum atomic E-state index is -0.120. The van der Waals surface area contributed by atoms with Crippen molar-refractivity contribution >= 4 is 5.96 Å². The summed E-state index contributed by atoms with van der Waals surface area (Å²) in [4.78, 5) is 9.18. The van der Waals surface area contributed by atoms with Crippen LogP contribution < -0.4 is 5.73 Å². The molecule has 21 heavy (non-hydrogen) atoms. The number of aryl methyl sites for hydroxylation is 1. The summed E-state index contributed by atoms with van der Waals surface area (Å²) in [5.74, 6) is 0.672. The number of rotatable bonds is 6. The van der Waals surface area contributed by atoms with E-state index < -0.39 is 0 Å². The van der Waals surface area contributed by atoms with Crippen LogP contribution in [0, 0.1) is 6.92 Å². The van der Waals surface area contributed by atoms with Gasteiger partial charge in [0.2, 0.25) is 0 Å². The van der Waals surface area contributed by atoms with Crippen molar-refractivity contribution in [3.05, 3.63) is 35.4 Å². The van der Waals surface area contributed by atoms with Gasteiger partial charge in [-0.1, -0.05) is 43.7 Å². The van der Waals surface area contributed by atoms with E-state index >= 15 is 0 Å². The maximum absolute atomic E-state index is 6.15. The van der Waals surface area contributed by atoms with Crippen molar-refractivity contribution in [2.45, 2.75) is 33.2 Å². The van der Waals surface area contributed by atoms with Gasteiger partial charge in [0.1, 0.15) is 0 Å². The number of hydrogen-bond acceptors (Lipinski definition) is 4. The topological polar surface area (TPSA) is 44.9 Å². The van der Waals surface area contributed by atoms with E-state index in [4.69, 9.17) is 5.73 Å². The first-order valence-corrected chi connectivity index (χ1v) is 7.88. The van der Waals surface area contributed by atoms with E-state index in [2.05, 4.69) is 66.8 Å². The fourth-order valence-electron chi connectivity index (χ4n) is 2.96. The summed E-state index contributed by atoms with van der Waals surface area (Å²) in [6.45, 7) is 13.6. The maximum Gasteiger partial charge on any atom is 0.192 e. The highest BCUT2D eigenvalue weighted by Gasteiger charge is 2.39. The van der Waals surface area contributed by atoms with Gasteiger partial charge in [0.05, 0.1) is 12.1 Å². The van der Waals surface area contributed by atoms with Crippen LogP contribution in [-0.2, 0) is 5.54 Å². The second-order valence-corrected chi connectivity index (χ2v) is 5.99. The summed E-state index contributed by atoms with van der Waals surface area (Å²) in [7, 11) is 0. The van der Waals surface area contributed by atoms with Gasteiger partial charge in [0.25, 0.3) is 0 Å². The third-order valence-electron chi connectivity index (χ3n) is 4.63. The maximum atomic E-state index is 6.15. The molecule has 0 saturated carbocycles. The van der Waals surface area contributed by atoms with Crippen LogP contribution in [0.25, 0.3) is 0 Å². The van der Waals surface area contributed by atoms with Gasteiger partial charge in [0, 0.05) is 13.1 Å². The lowest BCUT2D eigenvalue weighted by atomic mass is 9.90. The number of nitrogens with two attached hydrogens (primary N) is 1. The lowest BCUT2D eigenvalue weighted by Gasteiger charge is -2.38. The third kappa shape index (κ3) is 3.21. The molecule has 0 radical (unpaired) electrons. The Hall–Kier alpha value is -1.55. The first kappa shape index (κ1) is 15.8. The van der Waals surface area contributed by atoms with Gasteiger partial charge in [-0.2, -0.15) is 0 Å². The molecule has 0 amide bonds. The summed E-state index contributed by atoms with van der Waals surface area (Å²) in [5.41, 5.74) is 8.60. The Bertz CT molecular complexity index is 490. The van der Waals surface area contributed by atoms with Crippen molar-refractivity contribution in [3.63, 3.8) is 0 Å². The molecule has 116 valence electrons. The van der Waals surface area contributed by atoms with Gasteiger partial charge in [-0.25, -0.2) is 0 Å². The van der Waals surface area contributed by atoms with Crippen molar-refractivity contribution in [2.24, 2.45) is 10.7 Å². The van der Waals surface area contributed by atoms with Crippen LogP contribution in [-0.4, -0.2) is 48.5 Å². The number of hydrogen-bond donors (Lipinski definition) is 1. The Balaban J connectivity index is 2.16. The first-order chi connectivity index (χ1) is 10.0. The molecule has 0 bridgehead atoms. The summed E-state index contributed by atoms with van der Waals surface area (Å²) in [6.07, 6.45) is 0. The van der Waals surface area contributed by atoms with Crippen LogP contribution in [0.1, 0.15) is 31.9 Å². The quantitative estimate of drug-likeness (QED) is 0.872. The molecule has 4 heteroatoms. The molecule has 1 unspecified atom stereocenters. The third-order valence-corrected chi connectivity index (χ3v) is 4.63. The molecule has 1 aromatic carbocycles. The van der Waals surface area contributed by atoms with Crippen LogP contribution in [0.4, 0.5) is 0 Å². The number of aliphatic imine (C=N–C) groups is 1. The minimum Gasteiger partial charge on any atom is -0.370 e. The SMILES string of the molecule is CCN(CC)CCN1C(N)=NCC1(C)c1ccc(C)cc1. The summed E-state index contributed by atoms with van der Waals surface area (Å²) < 4.78 is 0. The lowest BCUT2D eigenvalue weighted by molar-refractivity contribution is 0.188. The normalized spacial score (nSPS) is 22.0. The highest BCUT2D eigenvalue weighted by molar-refractivity contribution is 5.81. The first-order valence-electron chi connectivity index (χ1n) is 7.88. The predicted octanol–water partition coefficient (Wildman–Crippen LogP) is 2.18. The second-order valence-electron chi connectivity index (χ2n) is 5.99. The molecule has 1 atom stereocenters. The molecule has 2 rings (SSSR count). The Kier molecular flexibility index (Phi) is 4.88. The molecule has 0 aromatic heterocycles. The van der Waals surface area contributed by atoms with Gasteiger partial charge >= 0.3 is 0 Å². The molecule has 4 nitrogen and oxygen atoms in total. The van der Waals surface area contributed by atoms with E-state index in [1.165, 1.54) is 11.1 Å². The Morgan fingerprint density at radius 3 is 2.43 bits per heavy atom. The van der Waals surface area contributed by atoms with Crippen LogP contribution in [0.15, 0.2) is 29.3 Å². The smallest absolute Gasteiger partial charge is 0.192 e. The Labute approximate surface area is 128 Å². The van der Waals surface area contributed by atoms with Gasteiger partial charge in [-0.15, -0.1) is 0 Å². The zero-order valence-electron chi connectivity index (χ0n) is 13.8. The van der Waals surface area contributed by atoms with Crippen molar-refractivity contribution in [1.82, 2.24) is 9.80 Å². The van der Waals surface area contributed by atoms with Gasteiger partial charge in [-0.3, -0.25) is 4.99 Å². The van der Waals surface area contributed by atoms with Crippen LogP contribution in [0.5, 0.6) is 0 Å². The molecule has 1 aliphatic rings. The number of benzene rings is 1. The van der Waals surface area contributed by atoms with Crippen LogP contribution >= 0.6 is 0 Å². The van der Waals surface area contributed by atoms with Crippen molar-refractivity contribution < 1.29 is 0 Å². The average molecular weight is 288 g/mol. The molecule has 0 fully saturated rings. The zero-order chi connectivity index (χ0) is 15.5. The fraction of sp³-hybridized carbons (Fsp3) is 0.588. The largest absolute Gasteiger partial charge is 0.370 e. The number of guanidine groups is 1. The van der Waals surface area contributed by atoms with Crippen LogP contribution in [0.2, 0.25) is 0 Å². The molecule has 1 heterocycles. The molecular weight excluding hydrogens is 260 g/mol. The summed E-state index contributed by atoms with van der Waals surface area (Å²) in [5, 5.41) is 0. The van der Waals surface area contributed by atoms with Crippen molar-refractivity contribution in [3.8, 4) is 0 Å². The van der Waals surface area contributed by atoms with Gasteiger partial charge < -0.3 is 15.5 Å². The lowest BCUT2D eigenvalue weighted by Crippen LogP contribution is -2.50. The average Bonchev–Trinajstić information content (AvgIpc) is 2.78. The highest BCUT2D eigenvalue weighted by Crippen LogP contribution is 2.32. The molecule has 1 aromatic rings. The minimum absolute atomic E-state index is 0.120. The summed E-state index contributed by atoms with van der Waals surface area (Å²) >= 11 is 0. The molecule has 0 saturated heterocycles. The molecule has 0 spiro atoms. The monoisotopic (exact) mass is 288 g/mol. The van der Waals surface area contributed by atoms with Crippen molar-refractivity contribution in [1.29, 1.82) is 0 Å². The molecular formula is C17H28N4. The van der Waals surface area contributed by atoms with E-state index in [9.17, 15) is 0 Å². The van der Waals surface area contributed by atoms with Crippen molar-refractivity contribution in [2.75, 3.05) is 32.7 Å². The van der Waals surface area contributed by atoms with Crippen LogP contribution in [0.3, 0.4) is 0 Å².